The lowest BCUT2D eigenvalue weighted by Gasteiger charge is -2.23. The maximum Gasteiger partial charge on any atom is 0.257 e. The van der Waals surface area contributed by atoms with E-state index >= 15 is 0 Å². The molecule has 1 atom stereocenters. The number of carbonyl (C=O) groups excluding carboxylic acids is 1. The summed E-state index contributed by atoms with van der Waals surface area (Å²) < 4.78 is 5.41. The molecule has 0 unspecified atom stereocenters. The normalized spacial score (nSPS) is 17.4. The molecule has 1 fully saturated rings. The smallest absolute Gasteiger partial charge is 0.257 e. The first-order valence-electron chi connectivity index (χ1n) is 7.85. The predicted molar refractivity (Wildman–Crippen MR) is 89.5 cm³/mol. The van der Waals surface area contributed by atoms with E-state index in [4.69, 9.17) is 16.3 Å². The Kier molecular flexibility index (Phi) is 4.98. The van der Waals surface area contributed by atoms with Crippen LogP contribution in [0.2, 0.25) is 5.02 Å². The van der Waals surface area contributed by atoms with E-state index in [1.165, 1.54) is 0 Å². The quantitative estimate of drug-likeness (QED) is 0.914. The van der Waals surface area contributed by atoms with Crippen molar-refractivity contribution in [3.8, 4) is 11.3 Å². The number of benzene rings is 1. The third-order valence-electron chi connectivity index (χ3n) is 4.17. The molecule has 1 aliphatic rings. The number of amides is 1. The zero-order valence-corrected chi connectivity index (χ0v) is 13.8. The molecule has 122 valence electrons. The van der Waals surface area contributed by atoms with Gasteiger partial charge in [0.25, 0.3) is 5.91 Å². The van der Waals surface area contributed by atoms with E-state index in [0.717, 1.165) is 37.4 Å². The molecule has 1 aromatic heterocycles. The number of nitrogens with zero attached hydrogens (tertiary/aromatic N) is 2. The van der Waals surface area contributed by atoms with Gasteiger partial charge in [-0.3, -0.25) is 9.89 Å². The molecule has 1 amide bonds. The van der Waals surface area contributed by atoms with Gasteiger partial charge in [0.2, 0.25) is 0 Å². The summed E-state index contributed by atoms with van der Waals surface area (Å²) in [5.74, 6) is 0.419. The first kappa shape index (κ1) is 16.0. The van der Waals surface area contributed by atoms with E-state index in [-0.39, 0.29) is 5.91 Å². The maximum absolute atomic E-state index is 12.9. The zero-order chi connectivity index (χ0) is 16.2. The number of ether oxygens (including phenoxy) is 1. The molecule has 1 saturated heterocycles. The van der Waals surface area contributed by atoms with Gasteiger partial charge in [0.15, 0.2) is 0 Å². The number of aromatic nitrogens is 2. The third-order valence-corrected chi connectivity index (χ3v) is 4.43. The summed E-state index contributed by atoms with van der Waals surface area (Å²) in [5, 5.41) is 7.65. The number of H-pyrrole nitrogens is 1. The summed E-state index contributed by atoms with van der Waals surface area (Å²) in [7, 11) is 0. The van der Waals surface area contributed by atoms with Crippen LogP contribution in [0.1, 0.15) is 23.7 Å². The molecular formula is C17H20ClN3O2. The fourth-order valence-corrected chi connectivity index (χ4v) is 2.98. The Bertz CT molecular complexity index is 663. The van der Waals surface area contributed by atoms with Crippen LogP contribution in [-0.2, 0) is 4.74 Å². The highest BCUT2D eigenvalue weighted by atomic mass is 35.5. The number of hydrogen-bond donors (Lipinski definition) is 1. The largest absolute Gasteiger partial charge is 0.381 e. The van der Waals surface area contributed by atoms with Crippen LogP contribution in [0.4, 0.5) is 0 Å². The molecule has 23 heavy (non-hydrogen) atoms. The summed E-state index contributed by atoms with van der Waals surface area (Å²) in [6, 6.07) is 7.38. The van der Waals surface area contributed by atoms with Gasteiger partial charge < -0.3 is 9.64 Å². The Morgan fingerprint density at radius 1 is 1.43 bits per heavy atom. The van der Waals surface area contributed by atoms with Crippen molar-refractivity contribution in [1.29, 1.82) is 0 Å². The highest BCUT2D eigenvalue weighted by Gasteiger charge is 2.25. The molecule has 6 heteroatoms. The first-order valence-corrected chi connectivity index (χ1v) is 8.23. The van der Waals surface area contributed by atoms with Gasteiger partial charge in [0.1, 0.15) is 0 Å². The summed E-state index contributed by atoms with van der Waals surface area (Å²) in [5.41, 5.74) is 2.22. The Morgan fingerprint density at radius 3 is 2.87 bits per heavy atom. The van der Waals surface area contributed by atoms with Crippen molar-refractivity contribution in [2.45, 2.75) is 13.3 Å². The van der Waals surface area contributed by atoms with Gasteiger partial charge in [0, 0.05) is 36.2 Å². The lowest BCUT2D eigenvalue weighted by atomic mass is 10.1. The summed E-state index contributed by atoms with van der Waals surface area (Å²) in [6.45, 7) is 4.91. The number of nitrogens with one attached hydrogen (secondary N) is 1. The monoisotopic (exact) mass is 333 g/mol. The fourth-order valence-electron chi connectivity index (χ4n) is 2.85. The molecule has 2 aromatic rings. The van der Waals surface area contributed by atoms with Gasteiger partial charge in [-0.15, -0.1) is 0 Å². The van der Waals surface area contributed by atoms with Crippen molar-refractivity contribution >= 4 is 17.5 Å². The molecule has 1 N–H and O–H groups in total. The standard InChI is InChI=1S/C17H20ClN3O2/c1-2-21(10-12-7-8-23-11-12)17(22)15-9-19-20-16(15)13-3-5-14(18)6-4-13/h3-6,9,12H,2,7-8,10-11H2,1H3,(H,19,20)/t12-/m0/s1. The van der Waals surface area contributed by atoms with E-state index in [1.807, 2.05) is 24.0 Å². The SMILES string of the molecule is CCN(C[C@@H]1CCOC1)C(=O)c1cn[nH]c1-c1ccc(Cl)cc1. The molecule has 1 aromatic carbocycles. The van der Waals surface area contributed by atoms with Gasteiger partial charge in [-0.1, -0.05) is 23.7 Å². The Balaban J connectivity index is 1.81. The molecule has 0 aliphatic carbocycles. The molecule has 1 aliphatic heterocycles. The van der Waals surface area contributed by atoms with E-state index < -0.39 is 0 Å². The second-order valence-corrected chi connectivity index (χ2v) is 6.18. The van der Waals surface area contributed by atoms with Crippen LogP contribution in [0.3, 0.4) is 0 Å². The highest BCUT2D eigenvalue weighted by molar-refractivity contribution is 6.30. The van der Waals surface area contributed by atoms with Crippen LogP contribution >= 0.6 is 11.6 Å². The van der Waals surface area contributed by atoms with E-state index in [0.29, 0.717) is 23.0 Å². The van der Waals surface area contributed by atoms with E-state index in [2.05, 4.69) is 10.2 Å². The minimum absolute atomic E-state index is 0.00176. The Labute approximate surface area is 140 Å². The number of rotatable bonds is 5. The van der Waals surface area contributed by atoms with Crippen molar-refractivity contribution in [2.24, 2.45) is 5.92 Å². The third kappa shape index (κ3) is 3.57. The number of aromatic amines is 1. The van der Waals surface area contributed by atoms with E-state index in [9.17, 15) is 4.79 Å². The van der Waals surface area contributed by atoms with Crippen molar-refractivity contribution in [3.63, 3.8) is 0 Å². The highest BCUT2D eigenvalue weighted by Crippen LogP contribution is 2.24. The lowest BCUT2D eigenvalue weighted by Crippen LogP contribution is -2.35. The molecule has 0 radical (unpaired) electrons. The molecule has 0 bridgehead atoms. The average molecular weight is 334 g/mol. The Hall–Kier alpha value is -1.85. The van der Waals surface area contributed by atoms with Gasteiger partial charge in [-0.2, -0.15) is 5.10 Å². The summed E-state index contributed by atoms with van der Waals surface area (Å²) in [6.07, 6.45) is 2.61. The zero-order valence-electron chi connectivity index (χ0n) is 13.1. The van der Waals surface area contributed by atoms with Crippen LogP contribution in [0.5, 0.6) is 0 Å². The van der Waals surface area contributed by atoms with Crippen LogP contribution in [-0.4, -0.2) is 47.3 Å². The fraction of sp³-hybridized carbons (Fsp3) is 0.412. The maximum atomic E-state index is 12.9. The predicted octanol–water partition coefficient (Wildman–Crippen LogP) is 3.23. The minimum atomic E-state index is -0.00176. The van der Waals surface area contributed by atoms with Crippen molar-refractivity contribution < 1.29 is 9.53 Å². The first-order chi connectivity index (χ1) is 11.2. The van der Waals surface area contributed by atoms with Gasteiger partial charge in [0.05, 0.1) is 24.1 Å². The topological polar surface area (TPSA) is 58.2 Å². The van der Waals surface area contributed by atoms with E-state index in [1.54, 1.807) is 18.3 Å². The number of hydrogen-bond acceptors (Lipinski definition) is 3. The number of carbonyl (C=O) groups is 1. The van der Waals surface area contributed by atoms with Crippen LogP contribution in [0.15, 0.2) is 30.5 Å². The molecule has 0 spiro atoms. The molecule has 0 saturated carbocycles. The van der Waals surface area contributed by atoms with Gasteiger partial charge in [-0.05, 0) is 25.5 Å². The summed E-state index contributed by atoms with van der Waals surface area (Å²) >= 11 is 5.93. The van der Waals surface area contributed by atoms with Crippen molar-refractivity contribution in [3.05, 3.63) is 41.0 Å². The summed E-state index contributed by atoms with van der Waals surface area (Å²) in [4.78, 5) is 14.7. The van der Waals surface area contributed by atoms with Crippen LogP contribution < -0.4 is 0 Å². The van der Waals surface area contributed by atoms with Gasteiger partial charge >= 0.3 is 0 Å². The number of halogens is 1. The van der Waals surface area contributed by atoms with Crippen LogP contribution in [0.25, 0.3) is 11.3 Å². The molecule has 3 rings (SSSR count). The van der Waals surface area contributed by atoms with Crippen LogP contribution in [0, 0.1) is 5.92 Å². The lowest BCUT2D eigenvalue weighted by molar-refractivity contribution is 0.0731. The van der Waals surface area contributed by atoms with Gasteiger partial charge in [-0.25, -0.2) is 0 Å². The molecule has 2 heterocycles. The van der Waals surface area contributed by atoms with Crippen molar-refractivity contribution in [1.82, 2.24) is 15.1 Å². The average Bonchev–Trinajstić information content (AvgIpc) is 3.24. The minimum Gasteiger partial charge on any atom is -0.381 e. The second-order valence-electron chi connectivity index (χ2n) is 5.74. The molecule has 5 nitrogen and oxygen atoms in total. The van der Waals surface area contributed by atoms with Crippen molar-refractivity contribution in [2.75, 3.05) is 26.3 Å². The molecular weight excluding hydrogens is 314 g/mol. The second kappa shape index (κ2) is 7.15. The Morgan fingerprint density at radius 2 is 2.22 bits per heavy atom.